The third kappa shape index (κ3) is 6.85. The lowest BCUT2D eigenvalue weighted by molar-refractivity contribution is 0.571. The predicted octanol–water partition coefficient (Wildman–Crippen LogP) is 18.6. The van der Waals surface area contributed by atoms with Gasteiger partial charge in [-0.15, -0.1) is 11.3 Å². The highest BCUT2D eigenvalue weighted by Gasteiger charge is 2.17. The molecular formula is C62H49NS. The molecule has 0 aliphatic carbocycles. The predicted molar refractivity (Wildman–Crippen MR) is 284 cm³/mol. The number of nitrogens with zero attached hydrogens (tertiary/aromatic N) is 1. The summed E-state index contributed by atoms with van der Waals surface area (Å²) in [5.41, 5.74) is 7.59. The Bertz CT molecular complexity index is 3840. The summed E-state index contributed by atoms with van der Waals surface area (Å²) >= 11 is 1.94. The highest BCUT2D eigenvalue weighted by molar-refractivity contribution is 7.26. The average Bonchev–Trinajstić information content (AvgIpc) is 3.88. The van der Waals surface area contributed by atoms with Crippen molar-refractivity contribution in [2.45, 2.75) is 52.0 Å². The van der Waals surface area contributed by atoms with Crippen molar-refractivity contribution in [3.63, 3.8) is 0 Å². The van der Waals surface area contributed by atoms with E-state index in [1.54, 1.807) is 0 Å². The van der Waals surface area contributed by atoms with E-state index in [0.29, 0.717) is 0 Å². The molecule has 308 valence electrons. The Balaban J connectivity index is 0.904. The lowest BCUT2D eigenvalue weighted by Crippen LogP contribution is -1.98. The molecule has 0 fully saturated rings. The zero-order valence-corrected chi connectivity index (χ0v) is 37.1. The number of aryl methyl sites for hydroxylation is 1. The van der Waals surface area contributed by atoms with E-state index in [0.717, 1.165) is 6.54 Å². The second-order valence-electron chi connectivity index (χ2n) is 17.8. The Morgan fingerprint density at radius 1 is 0.375 bits per heavy atom. The minimum absolute atomic E-state index is 1.02. The van der Waals surface area contributed by atoms with Crippen molar-refractivity contribution in [2.75, 3.05) is 0 Å². The van der Waals surface area contributed by atoms with Gasteiger partial charge >= 0.3 is 0 Å². The standard InChI is InChI=1S/C62H49NS/c1-2-3-4-5-6-11-36-63-59-39-43(18-16-41-20-28-51-47(37-41)26-24-45-12-7-9-14-49(45)51)22-30-53(59)55-32-35-58-56(61(55)63)33-34-57-54-31-23-44(40-60(54)64-62(57)58)19-17-42-21-29-52-48(38-42)27-25-46-13-8-10-15-50(46)52/h7-10,12-35,37-40H,2-6,11,36H2,1H3/b18-16+,19-17+. The molecule has 0 amide bonds. The van der Waals surface area contributed by atoms with Crippen LogP contribution in [0.25, 0.3) is 120 Å². The number of thiophene rings is 1. The van der Waals surface area contributed by atoms with Crippen LogP contribution in [0.2, 0.25) is 0 Å². The third-order valence-corrected chi connectivity index (χ3v) is 14.9. The Morgan fingerprint density at radius 2 is 0.828 bits per heavy atom. The van der Waals surface area contributed by atoms with E-state index in [1.807, 2.05) is 11.3 Å². The van der Waals surface area contributed by atoms with Crippen molar-refractivity contribution in [1.29, 1.82) is 0 Å². The van der Waals surface area contributed by atoms with Gasteiger partial charge in [-0.2, -0.15) is 0 Å². The first kappa shape index (κ1) is 38.7. The first-order valence-electron chi connectivity index (χ1n) is 23.2. The number of fused-ring (bicyclic) bond motifs is 15. The molecule has 0 atom stereocenters. The molecule has 64 heavy (non-hydrogen) atoms. The second-order valence-corrected chi connectivity index (χ2v) is 18.8. The topological polar surface area (TPSA) is 4.93 Å². The maximum Gasteiger partial charge on any atom is 0.0571 e. The highest BCUT2D eigenvalue weighted by Crippen LogP contribution is 2.43. The van der Waals surface area contributed by atoms with Crippen LogP contribution in [0.15, 0.2) is 170 Å². The van der Waals surface area contributed by atoms with Crippen LogP contribution in [0.1, 0.15) is 67.7 Å². The molecule has 0 aliphatic rings. The van der Waals surface area contributed by atoms with Crippen LogP contribution in [0.5, 0.6) is 0 Å². The molecule has 0 spiro atoms. The van der Waals surface area contributed by atoms with E-state index in [4.69, 9.17) is 0 Å². The summed E-state index contributed by atoms with van der Waals surface area (Å²) in [6, 6.07) is 63.6. The minimum atomic E-state index is 1.02. The molecule has 0 N–H and O–H groups in total. The van der Waals surface area contributed by atoms with Crippen molar-refractivity contribution in [3.05, 3.63) is 192 Å². The summed E-state index contributed by atoms with van der Waals surface area (Å²) in [4.78, 5) is 0. The number of benzene rings is 10. The molecule has 2 heteroatoms. The van der Waals surface area contributed by atoms with Gasteiger partial charge in [-0.05, 0) is 96.0 Å². The average molecular weight is 840 g/mol. The monoisotopic (exact) mass is 839 g/mol. The van der Waals surface area contributed by atoms with Crippen LogP contribution < -0.4 is 0 Å². The summed E-state index contributed by atoms with van der Waals surface area (Å²) in [6.07, 6.45) is 16.8. The minimum Gasteiger partial charge on any atom is -0.340 e. The van der Waals surface area contributed by atoms with E-state index < -0.39 is 0 Å². The van der Waals surface area contributed by atoms with Crippen LogP contribution in [-0.2, 0) is 6.54 Å². The van der Waals surface area contributed by atoms with Gasteiger partial charge in [-0.3, -0.25) is 0 Å². The van der Waals surface area contributed by atoms with E-state index >= 15 is 0 Å². The van der Waals surface area contributed by atoms with E-state index in [-0.39, 0.29) is 0 Å². The van der Waals surface area contributed by atoms with E-state index in [2.05, 4.69) is 206 Å². The smallest absolute Gasteiger partial charge is 0.0571 e. The summed E-state index contributed by atoms with van der Waals surface area (Å²) in [6.45, 7) is 3.32. The maximum atomic E-state index is 2.66. The van der Waals surface area contributed by atoms with E-state index in [1.165, 1.54) is 157 Å². The lowest BCUT2D eigenvalue weighted by atomic mass is 9.99. The van der Waals surface area contributed by atoms with Gasteiger partial charge in [0.25, 0.3) is 0 Å². The molecule has 10 aromatic carbocycles. The molecule has 0 unspecified atom stereocenters. The molecule has 12 aromatic rings. The first-order valence-corrected chi connectivity index (χ1v) is 24.0. The van der Waals surface area contributed by atoms with Gasteiger partial charge < -0.3 is 4.57 Å². The summed E-state index contributed by atoms with van der Waals surface area (Å²) in [5, 5.41) is 18.4. The fraction of sp³-hybridized carbons (Fsp3) is 0.129. The molecule has 0 radical (unpaired) electrons. The molecule has 0 aliphatic heterocycles. The van der Waals surface area contributed by atoms with Crippen molar-refractivity contribution in [1.82, 2.24) is 4.57 Å². The number of hydrogen-bond acceptors (Lipinski definition) is 1. The van der Waals surface area contributed by atoms with E-state index in [9.17, 15) is 0 Å². The summed E-state index contributed by atoms with van der Waals surface area (Å²) < 4.78 is 5.36. The Morgan fingerprint density at radius 3 is 1.47 bits per heavy atom. The van der Waals surface area contributed by atoms with Crippen LogP contribution in [-0.4, -0.2) is 4.57 Å². The Kier molecular flexibility index (Phi) is 9.83. The van der Waals surface area contributed by atoms with Gasteiger partial charge in [0.1, 0.15) is 0 Å². The quantitative estimate of drug-likeness (QED) is 0.0695. The number of hydrogen-bond donors (Lipinski definition) is 0. The van der Waals surface area contributed by atoms with Gasteiger partial charge in [-0.25, -0.2) is 0 Å². The third-order valence-electron chi connectivity index (χ3n) is 13.7. The molecule has 2 heterocycles. The molecule has 0 saturated carbocycles. The van der Waals surface area contributed by atoms with Crippen molar-refractivity contribution in [3.8, 4) is 0 Å². The van der Waals surface area contributed by atoms with Gasteiger partial charge in [0, 0.05) is 53.8 Å². The Hall–Kier alpha value is -7.00. The number of unbranched alkanes of at least 4 members (excludes halogenated alkanes) is 5. The fourth-order valence-corrected chi connectivity index (χ4v) is 11.7. The first-order chi connectivity index (χ1) is 31.7. The number of rotatable bonds is 11. The fourth-order valence-electron chi connectivity index (χ4n) is 10.4. The maximum absolute atomic E-state index is 2.66. The summed E-state index contributed by atoms with van der Waals surface area (Å²) in [7, 11) is 0. The van der Waals surface area contributed by atoms with Crippen LogP contribution in [0.4, 0.5) is 0 Å². The molecule has 0 saturated heterocycles. The van der Waals surface area contributed by atoms with Gasteiger partial charge in [0.05, 0.1) is 5.52 Å². The van der Waals surface area contributed by atoms with Crippen molar-refractivity contribution >= 4 is 131 Å². The zero-order valence-electron chi connectivity index (χ0n) is 36.3. The molecular weight excluding hydrogens is 791 g/mol. The number of aromatic nitrogens is 1. The van der Waals surface area contributed by atoms with Crippen LogP contribution in [0, 0.1) is 0 Å². The normalized spacial score (nSPS) is 12.5. The largest absolute Gasteiger partial charge is 0.340 e. The Labute approximate surface area is 378 Å². The second kappa shape index (κ2) is 16.3. The van der Waals surface area contributed by atoms with Crippen LogP contribution in [0.3, 0.4) is 0 Å². The van der Waals surface area contributed by atoms with Gasteiger partial charge in [0.15, 0.2) is 0 Å². The lowest BCUT2D eigenvalue weighted by Gasteiger charge is -2.11. The van der Waals surface area contributed by atoms with Crippen molar-refractivity contribution < 1.29 is 0 Å². The van der Waals surface area contributed by atoms with Gasteiger partial charge in [-0.1, -0.05) is 209 Å². The zero-order chi connectivity index (χ0) is 42.6. The molecule has 1 nitrogen and oxygen atoms in total. The molecule has 0 bridgehead atoms. The summed E-state index contributed by atoms with van der Waals surface area (Å²) in [5.74, 6) is 0. The molecule has 2 aromatic heterocycles. The SMILES string of the molecule is CCCCCCCCn1c2cc(/C=C/c3ccc4c(ccc5ccccc54)c3)ccc2c2ccc3c(ccc4c5ccc(/C=C/c6ccc7c(ccc8ccccc87)c6)cc5sc43)c21. The van der Waals surface area contributed by atoms with Crippen LogP contribution >= 0.6 is 11.3 Å². The molecule has 12 rings (SSSR count). The van der Waals surface area contributed by atoms with Crippen molar-refractivity contribution in [2.24, 2.45) is 0 Å². The van der Waals surface area contributed by atoms with Gasteiger partial charge in [0.2, 0.25) is 0 Å². The highest BCUT2D eigenvalue weighted by atomic mass is 32.1.